The molecular formula is C11H14ClNO. The van der Waals surface area contributed by atoms with Crippen molar-refractivity contribution in [2.45, 2.75) is 26.7 Å². The molecule has 3 heteroatoms. The highest BCUT2D eigenvalue weighted by molar-refractivity contribution is 6.33. The molecule has 0 radical (unpaired) electrons. The molecule has 0 saturated carbocycles. The molecule has 2 nitrogen and oxygen atoms in total. The number of pyridine rings is 1. The number of carbonyl (C=O) groups is 1. The van der Waals surface area contributed by atoms with E-state index in [4.69, 9.17) is 11.6 Å². The second-order valence-electron chi connectivity index (χ2n) is 3.23. The molecule has 0 spiro atoms. The van der Waals surface area contributed by atoms with Crippen molar-refractivity contribution < 1.29 is 4.79 Å². The summed E-state index contributed by atoms with van der Waals surface area (Å²) in [5.41, 5.74) is 0.593. The molecule has 0 aromatic carbocycles. The van der Waals surface area contributed by atoms with Gasteiger partial charge in [0, 0.05) is 23.9 Å². The first-order valence-electron chi connectivity index (χ1n) is 4.84. The van der Waals surface area contributed by atoms with Gasteiger partial charge in [-0.2, -0.15) is 0 Å². The lowest BCUT2D eigenvalue weighted by Crippen LogP contribution is -2.13. The lowest BCUT2D eigenvalue weighted by molar-refractivity contribution is 0.0913. The van der Waals surface area contributed by atoms with Crippen molar-refractivity contribution in [3.8, 4) is 0 Å². The average Bonchev–Trinajstić information content (AvgIpc) is 2.20. The van der Waals surface area contributed by atoms with Crippen LogP contribution in [0, 0.1) is 5.92 Å². The van der Waals surface area contributed by atoms with E-state index in [1.54, 1.807) is 12.3 Å². The third kappa shape index (κ3) is 2.32. The monoisotopic (exact) mass is 211 g/mol. The van der Waals surface area contributed by atoms with Gasteiger partial charge in [-0.05, 0) is 18.9 Å². The van der Waals surface area contributed by atoms with Crippen LogP contribution in [0.5, 0.6) is 0 Å². The summed E-state index contributed by atoms with van der Waals surface area (Å²) in [4.78, 5) is 15.8. The van der Waals surface area contributed by atoms with E-state index in [0.717, 1.165) is 12.8 Å². The Morgan fingerprint density at radius 1 is 1.50 bits per heavy atom. The molecule has 0 aliphatic heterocycles. The number of ketones is 1. The van der Waals surface area contributed by atoms with Gasteiger partial charge >= 0.3 is 0 Å². The number of aromatic nitrogens is 1. The van der Waals surface area contributed by atoms with E-state index in [0.29, 0.717) is 10.6 Å². The zero-order valence-electron chi connectivity index (χ0n) is 8.46. The molecule has 0 aliphatic carbocycles. The van der Waals surface area contributed by atoms with E-state index in [1.807, 2.05) is 13.8 Å². The average molecular weight is 212 g/mol. The molecule has 1 rings (SSSR count). The summed E-state index contributed by atoms with van der Waals surface area (Å²) in [6, 6.07) is 1.68. The lowest BCUT2D eigenvalue weighted by atomic mass is 9.94. The van der Waals surface area contributed by atoms with Gasteiger partial charge < -0.3 is 0 Å². The Hall–Kier alpha value is -0.890. The van der Waals surface area contributed by atoms with Crippen LogP contribution in [0.2, 0.25) is 5.02 Å². The van der Waals surface area contributed by atoms with Crippen molar-refractivity contribution in [1.29, 1.82) is 0 Å². The highest BCUT2D eigenvalue weighted by Crippen LogP contribution is 2.21. The van der Waals surface area contributed by atoms with Crippen molar-refractivity contribution in [3.05, 3.63) is 29.0 Å². The molecule has 0 fully saturated rings. The van der Waals surface area contributed by atoms with Gasteiger partial charge in [-0.3, -0.25) is 9.78 Å². The minimum atomic E-state index is 0.0786. The van der Waals surface area contributed by atoms with Crippen LogP contribution in [0.4, 0.5) is 0 Å². The van der Waals surface area contributed by atoms with Crippen LogP contribution in [0.25, 0.3) is 0 Å². The molecule has 1 heterocycles. The molecule has 14 heavy (non-hydrogen) atoms. The van der Waals surface area contributed by atoms with Crippen LogP contribution < -0.4 is 0 Å². The molecule has 0 N–H and O–H groups in total. The van der Waals surface area contributed by atoms with Crippen LogP contribution in [-0.2, 0) is 0 Å². The smallest absolute Gasteiger partial charge is 0.167 e. The van der Waals surface area contributed by atoms with Gasteiger partial charge in [0.15, 0.2) is 5.78 Å². The Morgan fingerprint density at radius 2 is 2.14 bits per heavy atom. The largest absolute Gasteiger partial charge is 0.294 e. The van der Waals surface area contributed by atoms with Gasteiger partial charge in [-0.15, -0.1) is 0 Å². The third-order valence-corrected chi connectivity index (χ3v) is 2.70. The number of rotatable bonds is 4. The third-order valence-electron chi connectivity index (χ3n) is 2.39. The molecule has 1 aromatic heterocycles. The Bertz CT molecular complexity index is 321. The summed E-state index contributed by atoms with van der Waals surface area (Å²) >= 11 is 5.89. The van der Waals surface area contributed by atoms with E-state index < -0.39 is 0 Å². The number of halogens is 1. The van der Waals surface area contributed by atoms with Gasteiger partial charge in [-0.1, -0.05) is 25.4 Å². The van der Waals surface area contributed by atoms with Crippen molar-refractivity contribution in [2.24, 2.45) is 5.92 Å². The Kier molecular flexibility index (Phi) is 4.08. The van der Waals surface area contributed by atoms with Gasteiger partial charge in [0.1, 0.15) is 0 Å². The minimum absolute atomic E-state index is 0.0786. The first-order chi connectivity index (χ1) is 6.70. The maximum absolute atomic E-state index is 11.9. The standard InChI is InChI=1S/C11H14ClNO/c1-3-8(4-2)11(14)9-5-6-13-7-10(9)12/h5-8H,3-4H2,1-2H3. The van der Waals surface area contributed by atoms with E-state index >= 15 is 0 Å². The van der Waals surface area contributed by atoms with Gasteiger partial charge in [0.05, 0.1) is 5.02 Å². The normalized spacial score (nSPS) is 10.6. The van der Waals surface area contributed by atoms with Crippen molar-refractivity contribution in [2.75, 3.05) is 0 Å². The molecule has 0 aliphatic rings. The summed E-state index contributed by atoms with van der Waals surface area (Å²) in [5, 5.41) is 0.449. The number of hydrogen-bond acceptors (Lipinski definition) is 2. The number of carbonyl (C=O) groups excluding carboxylic acids is 1. The molecule has 0 atom stereocenters. The van der Waals surface area contributed by atoms with Crippen molar-refractivity contribution in [1.82, 2.24) is 4.98 Å². The van der Waals surface area contributed by atoms with Crippen LogP contribution in [0.3, 0.4) is 0 Å². The molecule has 0 bridgehead atoms. The van der Waals surface area contributed by atoms with E-state index in [2.05, 4.69) is 4.98 Å². The number of nitrogens with zero attached hydrogens (tertiary/aromatic N) is 1. The summed E-state index contributed by atoms with van der Waals surface area (Å²) < 4.78 is 0. The Balaban J connectivity index is 2.94. The van der Waals surface area contributed by atoms with Crippen LogP contribution in [0.1, 0.15) is 37.0 Å². The predicted molar refractivity (Wildman–Crippen MR) is 57.6 cm³/mol. The Labute approximate surface area is 89.3 Å². The first kappa shape index (κ1) is 11.2. The molecule has 76 valence electrons. The topological polar surface area (TPSA) is 30.0 Å². The molecule has 0 amide bonds. The van der Waals surface area contributed by atoms with Crippen LogP contribution in [-0.4, -0.2) is 10.8 Å². The second kappa shape index (κ2) is 5.11. The quantitative estimate of drug-likeness (QED) is 0.715. The lowest BCUT2D eigenvalue weighted by Gasteiger charge is -2.11. The van der Waals surface area contributed by atoms with Crippen LogP contribution >= 0.6 is 11.6 Å². The molecule has 0 saturated heterocycles. The second-order valence-corrected chi connectivity index (χ2v) is 3.64. The fourth-order valence-corrected chi connectivity index (χ4v) is 1.67. The first-order valence-corrected chi connectivity index (χ1v) is 5.22. The maximum atomic E-state index is 11.9. The van der Waals surface area contributed by atoms with E-state index in [-0.39, 0.29) is 11.7 Å². The summed E-state index contributed by atoms with van der Waals surface area (Å²) in [7, 11) is 0. The summed E-state index contributed by atoms with van der Waals surface area (Å²) in [5.74, 6) is 0.206. The molecule has 1 aromatic rings. The predicted octanol–water partition coefficient (Wildman–Crippen LogP) is 3.35. The minimum Gasteiger partial charge on any atom is -0.294 e. The SMILES string of the molecule is CCC(CC)C(=O)c1ccncc1Cl. The Morgan fingerprint density at radius 3 is 2.64 bits per heavy atom. The van der Waals surface area contributed by atoms with Gasteiger partial charge in [-0.25, -0.2) is 0 Å². The highest BCUT2D eigenvalue weighted by atomic mass is 35.5. The van der Waals surface area contributed by atoms with Gasteiger partial charge in [0.25, 0.3) is 0 Å². The summed E-state index contributed by atoms with van der Waals surface area (Å²) in [6.07, 6.45) is 4.82. The molecule has 0 unspecified atom stereocenters. The fraction of sp³-hybridized carbons (Fsp3) is 0.455. The van der Waals surface area contributed by atoms with E-state index in [1.165, 1.54) is 6.20 Å². The number of hydrogen-bond donors (Lipinski definition) is 0. The van der Waals surface area contributed by atoms with Gasteiger partial charge in [0.2, 0.25) is 0 Å². The molecular weight excluding hydrogens is 198 g/mol. The van der Waals surface area contributed by atoms with Crippen molar-refractivity contribution >= 4 is 17.4 Å². The maximum Gasteiger partial charge on any atom is 0.167 e. The van der Waals surface area contributed by atoms with Crippen molar-refractivity contribution in [3.63, 3.8) is 0 Å². The highest BCUT2D eigenvalue weighted by Gasteiger charge is 2.18. The summed E-state index contributed by atoms with van der Waals surface area (Å²) in [6.45, 7) is 4.03. The van der Waals surface area contributed by atoms with E-state index in [9.17, 15) is 4.79 Å². The van der Waals surface area contributed by atoms with Crippen LogP contribution in [0.15, 0.2) is 18.5 Å². The zero-order valence-corrected chi connectivity index (χ0v) is 9.21. The number of Topliss-reactive ketones (excluding diaryl/α,β-unsaturated/α-hetero) is 1. The zero-order chi connectivity index (χ0) is 10.6. The fourth-order valence-electron chi connectivity index (χ4n) is 1.45.